The Morgan fingerprint density at radius 2 is 1.44 bits per heavy atom. The third-order valence-corrected chi connectivity index (χ3v) is 1.78. The van der Waals surface area contributed by atoms with E-state index in [1.54, 1.807) is 38.0 Å². The van der Waals surface area contributed by atoms with E-state index < -0.39 is 5.97 Å². The molecule has 1 rings (SSSR count). The first-order valence-corrected chi connectivity index (χ1v) is 4.64. The molecule has 0 unspecified atom stereocenters. The van der Waals surface area contributed by atoms with Gasteiger partial charge in [0.15, 0.2) is 0 Å². The zero-order valence-electron chi connectivity index (χ0n) is 10.1. The van der Waals surface area contributed by atoms with Gasteiger partial charge in [-0.15, -0.1) is 0 Å². The SMILES string of the molecule is COC(=O)c1nc(N(C)C)nc(N(C)C)n1. The molecule has 0 saturated heterocycles. The van der Waals surface area contributed by atoms with Crippen molar-refractivity contribution in [3.63, 3.8) is 0 Å². The van der Waals surface area contributed by atoms with Crippen LogP contribution in [0.2, 0.25) is 0 Å². The van der Waals surface area contributed by atoms with Crippen LogP contribution in [0.3, 0.4) is 0 Å². The van der Waals surface area contributed by atoms with Crippen molar-refractivity contribution in [1.82, 2.24) is 15.0 Å². The van der Waals surface area contributed by atoms with E-state index >= 15 is 0 Å². The van der Waals surface area contributed by atoms with Gasteiger partial charge in [0.2, 0.25) is 17.7 Å². The molecule has 1 aromatic heterocycles. The monoisotopic (exact) mass is 225 g/mol. The van der Waals surface area contributed by atoms with Crippen LogP contribution in [-0.4, -0.2) is 56.2 Å². The first kappa shape index (κ1) is 12.2. The van der Waals surface area contributed by atoms with Gasteiger partial charge in [-0.3, -0.25) is 0 Å². The number of hydrogen-bond donors (Lipinski definition) is 0. The summed E-state index contributed by atoms with van der Waals surface area (Å²) in [7, 11) is 8.44. The van der Waals surface area contributed by atoms with Gasteiger partial charge in [0.25, 0.3) is 0 Å². The van der Waals surface area contributed by atoms with Crippen LogP contribution in [0.4, 0.5) is 11.9 Å². The highest BCUT2D eigenvalue weighted by molar-refractivity contribution is 5.85. The minimum absolute atomic E-state index is 0.00454. The van der Waals surface area contributed by atoms with Crippen LogP contribution in [0.15, 0.2) is 0 Å². The Morgan fingerprint density at radius 1 is 1.00 bits per heavy atom. The fourth-order valence-electron chi connectivity index (χ4n) is 0.936. The predicted octanol–water partition coefficient (Wildman–Crippen LogP) is -0.210. The molecular weight excluding hydrogens is 210 g/mol. The summed E-state index contributed by atoms with van der Waals surface area (Å²) in [6.45, 7) is 0. The van der Waals surface area contributed by atoms with Gasteiger partial charge in [0, 0.05) is 28.2 Å². The summed E-state index contributed by atoms with van der Waals surface area (Å²) < 4.78 is 4.58. The molecule has 88 valence electrons. The topological polar surface area (TPSA) is 71.5 Å². The van der Waals surface area contributed by atoms with Crippen LogP contribution in [-0.2, 0) is 4.74 Å². The summed E-state index contributed by atoms with van der Waals surface area (Å²) >= 11 is 0. The number of esters is 1. The quantitative estimate of drug-likeness (QED) is 0.659. The molecule has 1 heterocycles. The number of ether oxygens (including phenoxy) is 1. The van der Waals surface area contributed by atoms with Crippen molar-refractivity contribution in [3.8, 4) is 0 Å². The lowest BCUT2D eigenvalue weighted by atomic mass is 10.6. The molecular formula is C9H15N5O2. The number of rotatable bonds is 3. The number of carbonyl (C=O) groups is 1. The van der Waals surface area contributed by atoms with E-state index in [9.17, 15) is 4.79 Å². The molecule has 0 aliphatic carbocycles. The fraction of sp³-hybridized carbons (Fsp3) is 0.556. The molecule has 7 heteroatoms. The summed E-state index contributed by atoms with van der Waals surface area (Å²) in [5.74, 6) is 0.261. The second-order valence-electron chi connectivity index (χ2n) is 3.54. The normalized spacial score (nSPS) is 9.81. The highest BCUT2D eigenvalue weighted by Gasteiger charge is 2.15. The Labute approximate surface area is 94.1 Å². The van der Waals surface area contributed by atoms with Crippen molar-refractivity contribution in [2.24, 2.45) is 0 Å². The molecule has 1 aromatic rings. The van der Waals surface area contributed by atoms with Gasteiger partial charge in [0.1, 0.15) is 0 Å². The van der Waals surface area contributed by atoms with Crippen molar-refractivity contribution in [3.05, 3.63) is 5.82 Å². The summed E-state index contributed by atoms with van der Waals surface area (Å²) in [5, 5.41) is 0. The number of aromatic nitrogens is 3. The standard InChI is InChI=1S/C9H15N5O2/c1-13(2)8-10-6(7(15)16-5)11-9(12-8)14(3)4/h1-5H3. The number of nitrogens with zero attached hydrogens (tertiary/aromatic N) is 5. The number of methoxy groups -OCH3 is 1. The molecule has 0 bridgehead atoms. The zero-order chi connectivity index (χ0) is 12.3. The third kappa shape index (κ3) is 2.56. The second-order valence-corrected chi connectivity index (χ2v) is 3.54. The molecule has 0 amide bonds. The van der Waals surface area contributed by atoms with E-state index in [1.165, 1.54) is 7.11 Å². The predicted molar refractivity (Wildman–Crippen MR) is 59.8 cm³/mol. The Balaban J connectivity index is 3.24. The summed E-state index contributed by atoms with van der Waals surface area (Å²) in [6.07, 6.45) is 0. The van der Waals surface area contributed by atoms with Gasteiger partial charge >= 0.3 is 5.97 Å². The van der Waals surface area contributed by atoms with Crippen LogP contribution in [0.5, 0.6) is 0 Å². The minimum Gasteiger partial charge on any atom is -0.463 e. The highest BCUT2D eigenvalue weighted by atomic mass is 16.5. The van der Waals surface area contributed by atoms with Crippen molar-refractivity contribution < 1.29 is 9.53 Å². The molecule has 0 saturated carbocycles. The molecule has 0 atom stereocenters. The van der Waals surface area contributed by atoms with Crippen LogP contribution in [0.25, 0.3) is 0 Å². The zero-order valence-corrected chi connectivity index (χ0v) is 10.1. The van der Waals surface area contributed by atoms with Crippen LogP contribution >= 0.6 is 0 Å². The fourth-order valence-corrected chi connectivity index (χ4v) is 0.936. The van der Waals surface area contributed by atoms with Gasteiger partial charge in [0.05, 0.1) is 7.11 Å². The average molecular weight is 225 g/mol. The van der Waals surface area contributed by atoms with Gasteiger partial charge in [-0.1, -0.05) is 0 Å². The minimum atomic E-state index is -0.575. The number of hydrogen-bond acceptors (Lipinski definition) is 7. The van der Waals surface area contributed by atoms with E-state index in [2.05, 4.69) is 19.7 Å². The van der Waals surface area contributed by atoms with Gasteiger partial charge in [-0.2, -0.15) is 15.0 Å². The first-order chi connectivity index (χ1) is 7.45. The van der Waals surface area contributed by atoms with Gasteiger partial charge in [-0.25, -0.2) is 4.79 Å². The van der Waals surface area contributed by atoms with Gasteiger partial charge in [-0.05, 0) is 0 Å². The largest absolute Gasteiger partial charge is 0.463 e. The van der Waals surface area contributed by atoms with E-state index in [1.807, 2.05) is 0 Å². The molecule has 0 aromatic carbocycles. The van der Waals surface area contributed by atoms with Gasteiger partial charge < -0.3 is 14.5 Å². The molecule has 16 heavy (non-hydrogen) atoms. The van der Waals surface area contributed by atoms with Crippen LogP contribution < -0.4 is 9.80 Å². The smallest absolute Gasteiger partial charge is 0.376 e. The Bertz CT molecular complexity index is 365. The lowest BCUT2D eigenvalue weighted by Gasteiger charge is -2.15. The summed E-state index contributed by atoms with van der Waals surface area (Å²) in [4.78, 5) is 26.9. The first-order valence-electron chi connectivity index (χ1n) is 4.64. The Kier molecular flexibility index (Phi) is 3.60. The van der Waals surface area contributed by atoms with E-state index in [0.29, 0.717) is 11.9 Å². The highest BCUT2D eigenvalue weighted by Crippen LogP contribution is 2.10. The maximum absolute atomic E-state index is 11.4. The Hall–Kier alpha value is -1.92. The third-order valence-electron chi connectivity index (χ3n) is 1.78. The molecule has 0 spiro atoms. The molecule has 0 aliphatic rings. The van der Waals surface area contributed by atoms with Crippen molar-refractivity contribution in [2.45, 2.75) is 0 Å². The van der Waals surface area contributed by atoms with E-state index in [-0.39, 0.29) is 5.82 Å². The molecule has 7 nitrogen and oxygen atoms in total. The van der Waals surface area contributed by atoms with Crippen LogP contribution in [0, 0.1) is 0 Å². The maximum Gasteiger partial charge on any atom is 0.376 e. The van der Waals surface area contributed by atoms with Crippen LogP contribution in [0.1, 0.15) is 10.6 Å². The average Bonchev–Trinajstić information content (AvgIpc) is 2.27. The molecule has 0 aliphatic heterocycles. The summed E-state index contributed by atoms with van der Waals surface area (Å²) in [5.41, 5.74) is 0. The lowest BCUT2D eigenvalue weighted by molar-refractivity contribution is 0.0586. The Morgan fingerprint density at radius 3 is 1.75 bits per heavy atom. The number of anilines is 2. The van der Waals surface area contributed by atoms with Crippen molar-refractivity contribution >= 4 is 17.9 Å². The summed E-state index contributed by atoms with van der Waals surface area (Å²) in [6, 6.07) is 0. The lowest BCUT2D eigenvalue weighted by Crippen LogP contribution is -2.21. The second kappa shape index (κ2) is 4.73. The number of carbonyl (C=O) groups excluding carboxylic acids is 1. The van der Waals surface area contributed by atoms with E-state index in [4.69, 9.17) is 0 Å². The van der Waals surface area contributed by atoms with E-state index in [0.717, 1.165) is 0 Å². The maximum atomic E-state index is 11.4. The van der Waals surface area contributed by atoms with Crippen molar-refractivity contribution in [2.75, 3.05) is 45.1 Å². The van der Waals surface area contributed by atoms with Crippen molar-refractivity contribution in [1.29, 1.82) is 0 Å². The molecule has 0 N–H and O–H groups in total. The molecule has 0 radical (unpaired) electrons. The molecule has 0 fully saturated rings.